The summed E-state index contributed by atoms with van der Waals surface area (Å²) in [5, 5.41) is 25.3. The van der Waals surface area contributed by atoms with Gasteiger partial charge in [-0.3, -0.25) is 9.59 Å². The number of amides is 1. The van der Waals surface area contributed by atoms with Crippen LogP contribution in [0.25, 0.3) is 0 Å². The maximum atomic E-state index is 13.9. The summed E-state index contributed by atoms with van der Waals surface area (Å²) in [6.07, 6.45) is 6.41. The van der Waals surface area contributed by atoms with E-state index in [4.69, 9.17) is 0 Å². The van der Waals surface area contributed by atoms with Gasteiger partial charge in [0.25, 0.3) is 0 Å². The van der Waals surface area contributed by atoms with Crippen molar-refractivity contribution in [2.45, 2.75) is 98.3 Å². The zero-order valence-electron chi connectivity index (χ0n) is 23.8. The van der Waals surface area contributed by atoms with Crippen LogP contribution in [0.5, 0.6) is 0 Å². The number of hydrogen-bond acceptors (Lipinski definition) is 5. The zero-order valence-corrected chi connectivity index (χ0v) is 23.8. The number of aliphatic hydroxyl groups is 2. The Morgan fingerprint density at radius 3 is 2.42 bits per heavy atom. The highest BCUT2D eigenvalue weighted by Crippen LogP contribution is 2.69. The van der Waals surface area contributed by atoms with Crippen LogP contribution >= 0.6 is 0 Å². The van der Waals surface area contributed by atoms with E-state index in [1.807, 2.05) is 13.8 Å². The van der Waals surface area contributed by atoms with Crippen LogP contribution in [0.1, 0.15) is 80.1 Å². The third-order valence-electron chi connectivity index (χ3n) is 11.7. The van der Waals surface area contributed by atoms with Crippen molar-refractivity contribution in [3.05, 3.63) is 11.6 Å². The minimum Gasteiger partial charge on any atom is -0.396 e. The number of nitrogens with zero attached hydrogens (tertiary/aromatic N) is 1. The first-order chi connectivity index (χ1) is 16.7. The third kappa shape index (κ3) is 4.01. The van der Waals surface area contributed by atoms with Gasteiger partial charge >= 0.3 is 0 Å². The third-order valence-corrected chi connectivity index (χ3v) is 11.7. The number of allylic oxidation sites excluding steroid dienone is 1. The van der Waals surface area contributed by atoms with Crippen molar-refractivity contribution in [2.75, 3.05) is 20.7 Å². The molecule has 0 aromatic carbocycles. The first-order valence-electron chi connectivity index (χ1n) is 14.2. The van der Waals surface area contributed by atoms with Crippen LogP contribution in [0.15, 0.2) is 11.6 Å². The number of hydrogen-bond donors (Lipinski definition) is 3. The molecule has 10 atom stereocenters. The lowest BCUT2D eigenvalue weighted by Gasteiger charge is -2.56. The number of aliphatic hydroxyl groups excluding tert-OH is 2. The minimum absolute atomic E-state index is 0.0114. The molecular weight excluding hydrogens is 452 g/mol. The first-order valence-corrected chi connectivity index (χ1v) is 14.2. The van der Waals surface area contributed by atoms with E-state index in [0.29, 0.717) is 18.6 Å². The van der Waals surface area contributed by atoms with E-state index in [1.165, 1.54) is 5.57 Å². The van der Waals surface area contributed by atoms with Gasteiger partial charge in [0, 0.05) is 41.7 Å². The summed E-state index contributed by atoms with van der Waals surface area (Å²) in [7, 11) is 4.13. The molecule has 204 valence electrons. The van der Waals surface area contributed by atoms with Gasteiger partial charge in [0.1, 0.15) is 5.78 Å². The summed E-state index contributed by atoms with van der Waals surface area (Å²) in [6.45, 7) is 12.7. The molecule has 0 saturated heterocycles. The van der Waals surface area contributed by atoms with Gasteiger partial charge in [-0.05, 0) is 75.8 Å². The quantitative estimate of drug-likeness (QED) is 0.498. The topological polar surface area (TPSA) is 89.9 Å². The molecule has 3 saturated carbocycles. The van der Waals surface area contributed by atoms with Crippen molar-refractivity contribution in [1.29, 1.82) is 0 Å². The molecular formula is C30H50N2O4. The average molecular weight is 503 g/mol. The van der Waals surface area contributed by atoms with Gasteiger partial charge in [-0.15, -0.1) is 0 Å². The molecule has 4 aliphatic carbocycles. The van der Waals surface area contributed by atoms with Crippen LogP contribution in [0, 0.1) is 45.8 Å². The Balaban J connectivity index is 1.68. The van der Waals surface area contributed by atoms with Crippen molar-refractivity contribution in [1.82, 2.24) is 10.2 Å². The van der Waals surface area contributed by atoms with E-state index < -0.39 is 11.5 Å². The summed E-state index contributed by atoms with van der Waals surface area (Å²) in [5.41, 5.74) is 0.486. The summed E-state index contributed by atoms with van der Waals surface area (Å²) in [6, 6.07) is 0.0803. The molecule has 1 amide bonds. The van der Waals surface area contributed by atoms with Crippen LogP contribution in [0.2, 0.25) is 0 Å². The van der Waals surface area contributed by atoms with E-state index in [0.717, 1.165) is 25.7 Å². The van der Waals surface area contributed by atoms with Crippen LogP contribution in [-0.2, 0) is 9.59 Å². The smallest absolute Gasteiger partial charge is 0.222 e. The average Bonchev–Trinajstić information content (AvgIpc) is 2.92. The molecule has 6 nitrogen and oxygen atoms in total. The van der Waals surface area contributed by atoms with Gasteiger partial charge in [0.15, 0.2) is 0 Å². The maximum Gasteiger partial charge on any atom is 0.222 e. The molecule has 3 N–H and O–H groups in total. The van der Waals surface area contributed by atoms with Gasteiger partial charge in [0.2, 0.25) is 5.91 Å². The number of Topliss-reactive ketones (excluding diaryl/α,β-unsaturated/α-hetero) is 1. The van der Waals surface area contributed by atoms with Gasteiger partial charge in [-0.2, -0.15) is 0 Å². The number of rotatable bonds is 5. The standard InChI is InChI=1S/C30H50N2O4/c1-17(2)27(36)31-25-12-9-19-13-20-22(11-10-21(19)28(25,4)16-33)29(5)15-24(35)26(18(3)32(7)8)30(29,6)14-23(20)34/h9,17-18,20-22,24-26,33,35H,10-16H2,1-8H3,(H,31,36)/t18-,20+,21+,22+,24+,25-,26-,28-,29-,30+/m0/s1. The van der Waals surface area contributed by atoms with Crippen LogP contribution in [0.3, 0.4) is 0 Å². The zero-order chi connectivity index (χ0) is 26.8. The normalized spacial score (nSPS) is 45.4. The number of carbonyl (C=O) groups excluding carboxylic acids is 2. The Labute approximate surface area is 218 Å². The highest BCUT2D eigenvalue weighted by molar-refractivity contribution is 5.84. The number of nitrogens with one attached hydrogen (secondary N) is 1. The van der Waals surface area contributed by atoms with Gasteiger partial charge in [0.05, 0.1) is 12.7 Å². The van der Waals surface area contributed by atoms with Crippen LogP contribution in [-0.4, -0.2) is 65.7 Å². The van der Waals surface area contributed by atoms with Crippen LogP contribution in [0.4, 0.5) is 0 Å². The second kappa shape index (κ2) is 9.50. The molecule has 6 heteroatoms. The Hall–Kier alpha value is -1.24. The Kier molecular flexibility index (Phi) is 7.33. The fourth-order valence-electron chi connectivity index (χ4n) is 9.08. The second-order valence-electron chi connectivity index (χ2n) is 13.9. The van der Waals surface area contributed by atoms with Gasteiger partial charge in [-0.25, -0.2) is 0 Å². The molecule has 36 heavy (non-hydrogen) atoms. The summed E-state index contributed by atoms with van der Waals surface area (Å²) in [5.74, 6) is 0.679. The van der Waals surface area contributed by atoms with E-state index in [1.54, 1.807) is 0 Å². The lowest BCUT2D eigenvalue weighted by Crippen LogP contribution is -2.55. The second-order valence-corrected chi connectivity index (χ2v) is 13.9. The van der Waals surface area contributed by atoms with E-state index in [9.17, 15) is 19.8 Å². The predicted molar refractivity (Wildman–Crippen MR) is 142 cm³/mol. The highest BCUT2D eigenvalue weighted by atomic mass is 16.3. The summed E-state index contributed by atoms with van der Waals surface area (Å²) >= 11 is 0. The van der Waals surface area contributed by atoms with E-state index in [-0.39, 0.29) is 65.0 Å². The monoisotopic (exact) mass is 502 g/mol. The molecule has 0 heterocycles. The summed E-state index contributed by atoms with van der Waals surface area (Å²) < 4.78 is 0. The molecule has 0 spiro atoms. The highest BCUT2D eigenvalue weighted by Gasteiger charge is 2.67. The Morgan fingerprint density at radius 2 is 1.83 bits per heavy atom. The molecule has 4 aliphatic rings. The molecule has 0 aliphatic heterocycles. The van der Waals surface area contributed by atoms with E-state index in [2.05, 4.69) is 58.1 Å². The fraction of sp³-hybridized carbons (Fsp3) is 0.867. The summed E-state index contributed by atoms with van der Waals surface area (Å²) in [4.78, 5) is 28.6. The molecule has 3 fully saturated rings. The molecule has 0 aromatic heterocycles. The number of carbonyl (C=O) groups is 2. The van der Waals surface area contributed by atoms with Gasteiger partial charge < -0.3 is 20.4 Å². The van der Waals surface area contributed by atoms with Crippen molar-refractivity contribution in [3.63, 3.8) is 0 Å². The molecule has 0 bridgehead atoms. The molecule has 0 unspecified atom stereocenters. The lowest BCUT2D eigenvalue weighted by atomic mass is 9.48. The fourth-order valence-corrected chi connectivity index (χ4v) is 9.08. The Bertz CT molecular complexity index is 915. The van der Waals surface area contributed by atoms with E-state index >= 15 is 0 Å². The van der Waals surface area contributed by atoms with Crippen molar-refractivity contribution in [3.8, 4) is 0 Å². The number of ketones is 1. The lowest BCUT2D eigenvalue weighted by molar-refractivity contribution is -0.147. The first kappa shape index (κ1) is 27.8. The van der Waals surface area contributed by atoms with Crippen LogP contribution < -0.4 is 5.32 Å². The number of fused-ring (bicyclic) bond motifs is 4. The van der Waals surface area contributed by atoms with Crippen molar-refractivity contribution in [2.24, 2.45) is 45.8 Å². The molecule has 0 aromatic rings. The van der Waals surface area contributed by atoms with Gasteiger partial charge in [-0.1, -0.05) is 46.3 Å². The molecule has 0 radical (unpaired) electrons. The molecule has 4 rings (SSSR count). The maximum absolute atomic E-state index is 13.9. The predicted octanol–water partition coefficient (Wildman–Crippen LogP) is 3.80. The largest absolute Gasteiger partial charge is 0.396 e. The van der Waals surface area contributed by atoms with Crippen molar-refractivity contribution < 1.29 is 19.8 Å². The van der Waals surface area contributed by atoms with Crippen molar-refractivity contribution >= 4 is 11.7 Å². The minimum atomic E-state index is -0.452. The Morgan fingerprint density at radius 1 is 1.17 bits per heavy atom. The SMILES string of the molecule is CC(C)C(=O)N[C@H]1CC=C2C[C@H]3C(=O)C[C@]4(C)[C@@H]([C@H](C)N(C)C)[C@H](O)C[C@@]4(C)[C@@H]3CC[C@H]2[C@]1(C)CO.